The van der Waals surface area contributed by atoms with Crippen LogP contribution in [0, 0.1) is 23.7 Å². The van der Waals surface area contributed by atoms with Crippen LogP contribution in [0.4, 0.5) is 0 Å². The molecular weight excluding hydrogens is 160 g/mol. The number of ether oxygens (including phenoxy) is 1. The monoisotopic (exact) mass is 184 g/mol. The molecule has 0 spiro atoms. The highest BCUT2D eigenvalue weighted by atomic mass is 16.5. The van der Waals surface area contributed by atoms with Crippen LogP contribution in [0.5, 0.6) is 0 Å². The van der Waals surface area contributed by atoms with Crippen LogP contribution >= 0.6 is 0 Å². The predicted octanol–water partition coefficient (Wildman–Crippen LogP) is 3.34. The molecule has 78 valence electrons. The van der Waals surface area contributed by atoms with Gasteiger partial charge in [-0.3, -0.25) is 0 Å². The maximum atomic E-state index is 6.04. The second-order valence-corrected chi connectivity index (χ2v) is 5.13. The van der Waals surface area contributed by atoms with Crippen molar-refractivity contribution in [3.8, 4) is 0 Å². The lowest BCUT2D eigenvalue weighted by Crippen LogP contribution is -2.45. The second kappa shape index (κ2) is 4.00. The molecule has 0 saturated carbocycles. The van der Waals surface area contributed by atoms with Crippen LogP contribution in [0.15, 0.2) is 0 Å². The van der Waals surface area contributed by atoms with Gasteiger partial charge in [0.2, 0.25) is 0 Å². The molecule has 5 atom stereocenters. The average Bonchev–Trinajstić information content (AvgIpc) is 2.07. The van der Waals surface area contributed by atoms with Gasteiger partial charge >= 0.3 is 0 Å². The van der Waals surface area contributed by atoms with E-state index in [1.165, 1.54) is 0 Å². The summed E-state index contributed by atoms with van der Waals surface area (Å²) in [5.74, 6) is 2.83. The lowest BCUT2D eigenvalue weighted by Gasteiger charge is -2.44. The summed E-state index contributed by atoms with van der Waals surface area (Å²) in [7, 11) is 0. The molecule has 1 heterocycles. The maximum Gasteiger partial charge on any atom is 0.0629 e. The van der Waals surface area contributed by atoms with Crippen molar-refractivity contribution in [2.45, 2.75) is 53.8 Å². The van der Waals surface area contributed by atoms with Crippen molar-refractivity contribution in [2.24, 2.45) is 23.7 Å². The summed E-state index contributed by atoms with van der Waals surface area (Å²) < 4.78 is 6.04. The van der Waals surface area contributed by atoms with E-state index in [2.05, 4.69) is 41.5 Å². The largest absolute Gasteiger partial charge is 0.374 e. The first kappa shape index (κ1) is 11.0. The summed E-state index contributed by atoms with van der Waals surface area (Å²) in [4.78, 5) is 0. The zero-order valence-corrected chi connectivity index (χ0v) is 9.87. The van der Waals surface area contributed by atoms with Gasteiger partial charge in [0, 0.05) is 0 Å². The number of hydrogen-bond donors (Lipinski definition) is 0. The highest BCUT2D eigenvalue weighted by Gasteiger charge is 2.37. The van der Waals surface area contributed by atoms with Gasteiger partial charge in [-0.2, -0.15) is 0 Å². The molecule has 0 N–H and O–H groups in total. The van der Waals surface area contributed by atoms with Crippen LogP contribution in [0.2, 0.25) is 0 Å². The van der Waals surface area contributed by atoms with Gasteiger partial charge in [0.05, 0.1) is 12.2 Å². The van der Waals surface area contributed by atoms with Crippen LogP contribution in [-0.2, 0) is 4.74 Å². The third-order valence-corrected chi connectivity index (χ3v) is 3.95. The van der Waals surface area contributed by atoms with Crippen molar-refractivity contribution in [1.29, 1.82) is 0 Å². The van der Waals surface area contributed by atoms with Crippen LogP contribution < -0.4 is 0 Å². The Morgan fingerprint density at radius 1 is 0.846 bits per heavy atom. The molecule has 0 aromatic heterocycles. The molecule has 0 unspecified atom stereocenters. The van der Waals surface area contributed by atoms with E-state index in [-0.39, 0.29) is 0 Å². The molecule has 0 radical (unpaired) electrons. The molecule has 1 fully saturated rings. The highest BCUT2D eigenvalue weighted by molar-refractivity contribution is 4.85. The van der Waals surface area contributed by atoms with Crippen molar-refractivity contribution < 1.29 is 4.74 Å². The lowest BCUT2D eigenvalue weighted by molar-refractivity contribution is -0.141. The van der Waals surface area contributed by atoms with Crippen LogP contribution in [-0.4, -0.2) is 12.2 Å². The summed E-state index contributed by atoms with van der Waals surface area (Å²) in [6, 6.07) is 0. The third-order valence-electron chi connectivity index (χ3n) is 3.95. The van der Waals surface area contributed by atoms with Crippen molar-refractivity contribution in [1.82, 2.24) is 0 Å². The zero-order valence-electron chi connectivity index (χ0n) is 9.87. The summed E-state index contributed by atoms with van der Waals surface area (Å²) in [6.07, 6.45) is 0.889. The van der Waals surface area contributed by atoms with Crippen LogP contribution in [0.1, 0.15) is 41.5 Å². The van der Waals surface area contributed by atoms with Gasteiger partial charge in [0.15, 0.2) is 0 Å². The van der Waals surface area contributed by atoms with E-state index in [0.717, 1.165) is 5.92 Å². The summed E-state index contributed by atoms with van der Waals surface area (Å²) in [5.41, 5.74) is 0. The first-order valence-electron chi connectivity index (χ1n) is 5.60. The fraction of sp³-hybridized carbons (Fsp3) is 1.00. The standard InChI is InChI=1S/C12H24O/c1-7(2)12-10(5)8(3)9(4)11(6)13-12/h7-12H,1-6H3/t8-,9-,10+,11+,12+/m0/s1. The highest BCUT2D eigenvalue weighted by Crippen LogP contribution is 2.37. The SMILES string of the molecule is CC(C)[C@H]1O[C@H](C)[C@@H](C)[C@H](C)[C@H]1C. The minimum Gasteiger partial charge on any atom is -0.374 e. The van der Waals surface area contributed by atoms with Gasteiger partial charge in [-0.15, -0.1) is 0 Å². The van der Waals surface area contributed by atoms with E-state index in [1.807, 2.05) is 0 Å². The molecule has 1 heteroatoms. The van der Waals surface area contributed by atoms with Crippen molar-refractivity contribution in [3.63, 3.8) is 0 Å². The maximum absolute atomic E-state index is 6.04. The van der Waals surface area contributed by atoms with Crippen molar-refractivity contribution in [2.75, 3.05) is 0 Å². The fourth-order valence-electron chi connectivity index (χ4n) is 2.47. The molecular formula is C12H24O. The van der Waals surface area contributed by atoms with Gasteiger partial charge in [0.25, 0.3) is 0 Å². The molecule has 1 aliphatic rings. The quantitative estimate of drug-likeness (QED) is 0.607. The first-order valence-corrected chi connectivity index (χ1v) is 5.60. The van der Waals surface area contributed by atoms with E-state index >= 15 is 0 Å². The summed E-state index contributed by atoms with van der Waals surface area (Å²) in [6.45, 7) is 13.7. The smallest absolute Gasteiger partial charge is 0.0629 e. The Balaban J connectivity index is 2.70. The first-order chi connectivity index (χ1) is 5.95. The molecule has 0 amide bonds. The average molecular weight is 184 g/mol. The van der Waals surface area contributed by atoms with Crippen LogP contribution in [0.25, 0.3) is 0 Å². The third kappa shape index (κ3) is 2.07. The van der Waals surface area contributed by atoms with Gasteiger partial charge < -0.3 is 4.74 Å². The predicted molar refractivity (Wildman–Crippen MR) is 56.7 cm³/mol. The van der Waals surface area contributed by atoms with Gasteiger partial charge in [-0.1, -0.05) is 34.6 Å². The second-order valence-electron chi connectivity index (χ2n) is 5.13. The van der Waals surface area contributed by atoms with Gasteiger partial charge in [-0.05, 0) is 30.6 Å². The molecule has 13 heavy (non-hydrogen) atoms. The van der Waals surface area contributed by atoms with E-state index in [9.17, 15) is 0 Å². The van der Waals surface area contributed by atoms with Gasteiger partial charge in [0.1, 0.15) is 0 Å². The zero-order chi connectivity index (χ0) is 10.2. The number of rotatable bonds is 1. The van der Waals surface area contributed by atoms with Gasteiger partial charge in [-0.25, -0.2) is 0 Å². The van der Waals surface area contributed by atoms with E-state index in [4.69, 9.17) is 4.74 Å². The van der Waals surface area contributed by atoms with Crippen molar-refractivity contribution >= 4 is 0 Å². The minimum absolute atomic E-state index is 0.429. The van der Waals surface area contributed by atoms with Crippen molar-refractivity contribution in [3.05, 3.63) is 0 Å². The Labute approximate surface area is 82.9 Å². The van der Waals surface area contributed by atoms with E-state index < -0.39 is 0 Å². The Kier molecular flexibility index (Phi) is 3.39. The Bertz CT molecular complexity index is 165. The minimum atomic E-state index is 0.429. The molecule has 1 aliphatic heterocycles. The summed E-state index contributed by atoms with van der Waals surface area (Å²) in [5, 5.41) is 0. The Hall–Kier alpha value is -0.0400. The summed E-state index contributed by atoms with van der Waals surface area (Å²) >= 11 is 0. The topological polar surface area (TPSA) is 9.23 Å². The molecule has 0 aliphatic carbocycles. The number of hydrogen-bond acceptors (Lipinski definition) is 1. The molecule has 1 nitrogen and oxygen atoms in total. The molecule has 0 aromatic carbocycles. The molecule has 1 rings (SSSR count). The normalized spacial score (nSPS) is 46.8. The van der Waals surface area contributed by atoms with E-state index in [0.29, 0.717) is 30.0 Å². The lowest BCUT2D eigenvalue weighted by atomic mass is 9.74. The van der Waals surface area contributed by atoms with E-state index in [1.54, 1.807) is 0 Å². The molecule has 1 saturated heterocycles. The fourth-order valence-corrected chi connectivity index (χ4v) is 2.47. The van der Waals surface area contributed by atoms with Crippen LogP contribution in [0.3, 0.4) is 0 Å². The Morgan fingerprint density at radius 2 is 1.38 bits per heavy atom. The Morgan fingerprint density at radius 3 is 1.85 bits per heavy atom. The molecule has 0 bridgehead atoms. The molecule has 0 aromatic rings.